The third-order valence-corrected chi connectivity index (χ3v) is 8.36. The van der Waals surface area contributed by atoms with Crippen molar-refractivity contribution in [2.24, 2.45) is 0 Å². The second kappa shape index (κ2) is 9.82. The van der Waals surface area contributed by atoms with Gasteiger partial charge in [-0.25, -0.2) is 9.37 Å². The Bertz CT molecular complexity index is 1500. The van der Waals surface area contributed by atoms with Gasteiger partial charge < -0.3 is 18.7 Å². The number of ether oxygens (including phenoxy) is 1. The van der Waals surface area contributed by atoms with Gasteiger partial charge in [0.2, 0.25) is 5.91 Å². The zero-order valence-electron chi connectivity index (χ0n) is 21.7. The highest BCUT2D eigenvalue weighted by Crippen LogP contribution is 2.43. The SMILES string of the molecule is COC1CCC(n2c([C@@H]3CCC(=O)N3c3ccc(F)c(Cl)c3)nc3cc(-c4c(C)noc4C)ccc32)CC1. The summed E-state index contributed by atoms with van der Waals surface area (Å²) >= 11 is 6.11. The van der Waals surface area contributed by atoms with E-state index in [-0.39, 0.29) is 29.1 Å². The van der Waals surface area contributed by atoms with Crippen LogP contribution in [0, 0.1) is 19.7 Å². The van der Waals surface area contributed by atoms with Gasteiger partial charge in [-0.3, -0.25) is 4.79 Å². The molecule has 6 rings (SSSR count). The Balaban J connectivity index is 1.49. The van der Waals surface area contributed by atoms with Gasteiger partial charge >= 0.3 is 0 Å². The van der Waals surface area contributed by atoms with Crippen molar-refractivity contribution in [3.63, 3.8) is 0 Å². The van der Waals surface area contributed by atoms with E-state index in [1.54, 1.807) is 18.1 Å². The number of halogens is 2. The number of hydrogen-bond donors (Lipinski definition) is 0. The molecule has 1 aliphatic heterocycles. The molecule has 38 heavy (non-hydrogen) atoms. The number of aryl methyl sites for hydroxylation is 2. The molecule has 2 aromatic carbocycles. The number of nitrogens with zero attached hydrogens (tertiary/aromatic N) is 4. The summed E-state index contributed by atoms with van der Waals surface area (Å²) in [5.41, 5.74) is 5.29. The summed E-state index contributed by atoms with van der Waals surface area (Å²) in [7, 11) is 1.77. The van der Waals surface area contributed by atoms with Crippen molar-refractivity contribution >= 4 is 34.2 Å². The van der Waals surface area contributed by atoms with Crippen molar-refractivity contribution in [3.8, 4) is 11.1 Å². The maximum absolute atomic E-state index is 13.9. The van der Waals surface area contributed by atoms with Crippen LogP contribution in [0.15, 0.2) is 40.9 Å². The van der Waals surface area contributed by atoms with Crippen LogP contribution in [-0.2, 0) is 9.53 Å². The standard InChI is InChI=1S/C29H30ClFN4O3/c1-16-28(17(2)38-33-16)18-4-11-25-24(14-18)32-29(35(25)19-5-8-21(37-3)9-6-19)26-12-13-27(36)34(26)20-7-10-23(31)22(30)15-20/h4,7,10-11,14-15,19,21,26H,5-6,8-9,12-13H2,1-3H3/t19?,21?,26-/m0/s1. The number of amides is 1. The number of rotatable bonds is 5. The van der Waals surface area contributed by atoms with Crippen molar-refractivity contribution in [2.75, 3.05) is 12.0 Å². The molecule has 1 saturated carbocycles. The van der Waals surface area contributed by atoms with Gasteiger partial charge in [0.25, 0.3) is 0 Å². The zero-order valence-corrected chi connectivity index (χ0v) is 22.5. The third-order valence-electron chi connectivity index (χ3n) is 8.07. The molecular formula is C29H30ClFN4O3. The molecule has 2 fully saturated rings. The Hall–Kier alpha value is -3.23. The molecule has 7 nitrogen and oxygen atoms in total. The molecule has 4 aromatic rings. The molecule has 0 bridgehead atoms. The van der Waals surface area contributed by atoms with Crippen molar-refractivity contribution in [3.05, 3.63) is 64.5 Å². The predicted octanol–water partition coefficient (Wildman–Crippen LogP) is 7.10. The molecule has 1 amide bonds. The molecule has 1 aliphatic carbocycles. The van der Waals surface area contributed by atoms with Gasteiger partial charge in [-0.15, -0.1) is 0 Å². The van der Waals surface area contributed by atoms with E-state index in [4.69, 9.17) is 25.8 Å². The number of imidazole rings is 1. The molecule has 0 N–H and O–H groups in total. The van der Waals surface area contributed by atoms with Crippen LogP contribution in [0.2, 0.25) is 5.02 Å². The zero-order chi connectivity index (χ0) is 26.6. The van der Waals surface area contributed by atoms with Crippen LogP contribution in [0.4, 0.5) is 10.1 Å². The first-order chi connectivity index (χ1) is 18.4. The molecule has 9 heteroatoms. The first kappa shape index (κ1) is 25.1. The van der Waals surface area contributed by atoms with Crippen LogP contribution in [-0.4, -0.2) is 33.8 Å². The summed E-state index contributed by atoms with van der Waals surface area (Å²) < 4.78 is 27.3. The van der Waals surface area contributed by atoms with E-state index in [1.807, 2.05) is 13.8 Å². The van der Waals surface area contributed by atoms with Crippen molar-refractivity contribution in [2.45, 2.75) is 70.6 Å². The lowest BCUT2D eigenvalue weighted by molar-refractivity contribution is -0.117. The van der Waals surface area contributed by atoms with Crippen molar-refractivity contribution in [1.82, 2.24) is 14.7 Å². The average Bonchev–Trinajstić information content (AvgIpc) is 3.59. The highest BCUT2D eigenvalue weighted by Gasteiger charge is 2.38. The number of aromatic nitrogens is 3. The highest BCUT2D eigenvalue weighted by atomic mass is 35.5. The van der Waals surface area contributed by atoms with Gasteiger partial charge in [-0.05, 0) is 81.8 Å². The maximum atomic E-state index is 13.9. The minimum absolute atomic E-state index is 0.00329. The quantitative estimate of drug-likeness (QED) is 0.272. The van der Waals surface area contributed by atoms with Gasteiger partial charge in [-0.2, -0.15) is 0 Å². The summed E-state index contributed by atoms with van der Waals surface area (Å²) in [4.78, 5) is 20.0. The minimum Gasteiger partial charge on any atom is -0.381 e. The average molecular weight is 537 g/mol. The number of anilines is 1. The van der Waals surface area contributed by atoms with Crippen LogP contribution in [0.3, 0.4) is 0 Å². The summed E-state index contributed by atoms with van der Waals surface area (Å²) in [6.45, 7) is 3.85. The van der Waals surface area contributed by atoms with E-state index in [0.29, 0.717) is 18.5 Å². The fourth-order valence-electron chi connectivity index (χ4n) is 6.21. The van der Waals surface area contributed by atoms with Gasteiger partial charge in [-0.1, -0.05) is 22.8 Å². The topological polar surface area (TPSA) is 73.4 Å². The summed E-state index contributed by atoms with van der Waals surface area (Å²) in [5.74, 6) is 1.09. The van der Waals surface area contributed by atoms with E-state index in [1.165, 1.54) is 12.1 Å². The maximum Gasteiger partial charge on any atom is 0.227 e. The molecule has 0 radical (unpaired) electrons. The third kappa shape index (κ3) is 4.20. The number of methoxy groups -OCH3 is 1. The molecule has 2 aromatic heterocycles. The van der Waals surface area contributed by atoms with E-state index in [0.717, 1.165) is 65.1 Å². The number of carbonyl (C=O) groups excluding carboxylic acids is 1. The number of fused-ring (bicyclic) bond motifs is 1. The predicted molar refractivity (Wildman–Crippen MR) is 144 cm³/mol. The lowest BCUT2D eigenvalue weighted by Crippen LogP contribution is -2.31. The van der Waals surface area contributed by atoms with E-state index in [9.17, 15) is 9.18 Å². The fraction of sp³-hybridized carbons (Fsp3) is 0.414. The van der Waals surface area contributed by atoms with Crippen LogP contribution in [0.5, 0.6) is 0 Å². The summed E-state index contributed by atoms with van der Waals surface area (Å²) in [6.07, 6.45) is 5.15. The summed E-state index contributed by atoms with van der Waals surface area (Å²) in [6, 6.07) is 10.7. The highest BCUT2D eigenvalue weighted by molar-refractivity contribution is 6.31. The number of benzene rings is 2. The van der Waals surface area contributed by atoms with Crippen LogP contribution >= 0.6 is 11.6 Å². The second-order valence-electron chi connectivity index (χ2n) is 10.3. The monoisotopic (exact) mass is 536 g/mol. The van der Waals surface area contributed by atoms with Gasteiger partial charge in [0.1, 0.15) is 17.4 Å². The second-order valence-corrected chi connectivity index (χ2v) is 10.7. The Morgan fingerprint density at radius 2 is 1.87 bits per heavy atom. The molecule has 0 spiro atoms. The molecule has 0 unspecified atom stereocenters. The molecule has 198 valence electrons. The number of hydrogen-bond acceptors (Lipinski definition) is 5. The van der Waals surface area contributed by atoms with Crippen LogP contribution in [0.1, 0.15) is 67.9 Å². The normalized spacial score (nSPS) is 22.1. The van der Waals surface area contributed by atoms with Gasteiger partial charge in [0.15, 0.2) is 0 Å². The molecule has 1 atom stereocenters. The minimum atomic E-state index is -0.507. The fourth-order valence-corrected chi connectivity index (χ4v) is 6.39. The Kier molecular flexibility index (Phi) is 6.48. The number of carbonyl (C=O) groups is 1. The van der Waals surface area contributed by atoms with E-state index >= 15 is 0 Å². The summed E-state index contributed by atoms with van der Waals surface area (Å²) in [5, 5.41) is 4.11. The first-order valence-electron chi connectivity index (χ1n) is 13.1. The lowest BCUT2D eigenvalue weighted by Gasteiger charge is -2.32. The Morgan fingerprint density at radius 1 is 1.08 bits per heavy atom. The van der Waals surface area contributed by atoms with Crippen LogP contribution < -0.4 is 4.90 Å². The van der Waals surface area contributed by atoms with E-state index in [2.05, 4.69) is 27.9 Å². The first-order valence-corrected chi connectivity index (χ1v) is 13.5. The molecule has 2 aliphatic rings. The van der Waals surface area contributed by atoms with Crippen LogP contribution in [0.25, 0.3) is 22.2 Å². The largest absolute Gasteiger partial charge is 0.381 e. The lowest BCUT2D eigenvalue weighted by atomic mass is 9.92. The smallest absolute Gasteiger partial charge is 0.227 e. The van der Waals surface area contributed by atoms with E-state index < -0.39 is 5.82 Å². The molecule has 1 saturated heterocycles. The van der Waals surface area contributed by atoms with Crippen molar-refractivity contribution < 1.29 is 18.4 Å². The molecular weight excluding hydrogens is 507 g/mol. The molecule has 3 heterocycles. The Morgan fingerprint density at radius 3 is 2.55 bits per heavy atom. The van der Waals surface area contributed by atoms with Crippen molar-refractivity contribution in [1.29, 1.82) is 0 Å². The van der Waals surface area contributed by atoms with Gasteiger partial charge in [0, 0.05) is 30.8 Å². The van der Waals surface area contributed by atoms with Gasteiger partial charge in [0.05, 0.1) is 33.9 Å². The Labute approximate surface area is 225 Å².